The molecule has 3 aromatic rings. The number of para-hydroxylation sites is 1. The van der Waals surface area contributed by atoms with Crippen LogP contribution in [-0.4, -0.2) is 13.1 Å². The summed E-state index contributed by atoms with van der Waals surface area (Å²) in [7, 11) is 2.25. The van der Waals surface area contributed by atoms with Gasteiger partial charge in [-0.05, 0) is 48.6 Å². The average Bonchev–Trinajstić information content (AvgIpc) is 2.68. The second-order valence-electron chi connectivity index (χ2n) is 7.14. The molecule has 1 nitrogen and oxygen atoms in total. The fraction of sp³-hybridized carbons (Fsp3) is 0.250. The Bertz CT molecular complexity index is 835. The molecule has 0 N–H and O–H groups in total. The second-order valence-corrected chi connectivity index (χ2v) is 7.14. The minimum Gasteiger partial charge on any atom is -0.371 e. The molecule has 1 aliphatic carbocycles. The van der Waals surface area contributed by atoms with E-state index >= 15 is 0 Å². The standard InChI is InChI=1S/C24H25N/c1-18-12-14-20(15-13-18)24-22-11-7-6-8-19(22)16-17-23(24)25(2)21-9-4-3-5-10-21/h3-15,23-24H,16-17H2,1-2H3/t23-,24-/m0/s1. The van der Waals surface area contributed by atoms with Crippen LogP contribution in [0.15, 0.2) is 78.9 Å². The van der Waals surface area contributed by atoms with Gasteiger partial charge in [0.2, 0.25) is 0 Å². The third kappa shape index (κ3) is 3.07. The molecule has 4 rings (SSSR count). The molecule has 2 atom stereocenters. The van der Waals surface area contributed by atoms with Gasteiger partial charge in [0.25, 0.3) is 0 Å². The molecule has 0 unspecified atom stereocenters. The highest BCUT2D eigenvalue weighted by atomic mass is 15.1. The van der Waals surface area contributed by atoms with Crippen molar-refractivity contribution in [1.82, 2.24) is 0 Å². The summed E-state index contributed by atoms with van der Waals surface area (Å²) < 4.78 is 0. The molecule has 1 heteroatoms. The maximum Gasteiger partial charge on any atom is 0.0399 e. The summed E-state index contributed by atoms with van der Waals surface area (Å²) in [5, 5.41) is 0. The first-order chi connectivity index (χ1) is 12.2. The van der Waals surface area contributed by atoms with Gasteiger partial charge in [-0.1, -0.05) is 72.3 Å². The first-order valence-corrected chi connectivity index (χ1v) is 9.16. The van der Waals surface area contributed by atoms with Crippen molar-refractivity contribution in [1.29, 1.82) is 0 Å². The zero-order valence-corrected chi connectivity index (χ0v) is 15.0. The Morgan fingerprint density at radius 2 is 1.48 bits per heavy atom. The lowest BCUT2D eigenvalue weighted by Crippen LogP contribution is -2.40. The summed E-state index contributed by atoms with van der Waals surface area (Å²) in [6.07, 6.45) is 2.33. The van der Waals surface area contributed by atoms with Crippen LogP contribution in [-0.2, 0) is 6.42 Å². The van der Waals surface area contributed by atoms with E-state index in [9.17, 15) is 0 Å². The largest absolute Gasteiger partial charge is 0.371 e. The van der Waals surface area contributed by atoms with Crippen molar-refractivity contribution < 1.29 is 0 Å². The van der Waals surface area contributed by atoms with Crippen LogP contribution in [0.4, 0.5) is 5.69 Å². The minimum absolute atomic E-state index is 0.413. The Hall–Kier alpha value is -2.54. The van der Waals surface area contributed by atoms with Gasteiger partial charge in [0.05, 0.1) is 0 Å². The van der Waals surface area contributed by atoms with E-state index in [1.165, 1.54) is 34.4 Å². The first kappa shape index (κ1) is 16.0. The highest BCUT2D eigenvalue weighted by Gasteiger charge is 2.33. The van der Waals surface area contributed by atoms with Gasteiger partial charge in [-0.3, -0.25) is 0 Å². The Kier molecular flexibility index (Phi) is 4.31. The molecular weight excluding hydrogens is 302 g/mol. The van der Waals surface area contributed by atoms with Gasteiger partial charge < -0.3 is 4.90 Å². The van der Waals surface area contributed by atoms with Crippen molar-refractivity contribution in [3.8, 4) is 0 Å². The Morgan fingerprint density at radius 3 is 2.24 bits per heavy atom. The lowest BCUT2D eigenvalue weighted by atomic mass is 9.75. The molecule has 0 saturated heterocycles. The number of benzene rings is 3. The molecule has 0 radical (unpaired) electrons. The van der Waals surface area contributed by atoms with E-state index < -0.39 is 0 Å². The number of hydrogen-bond acceptors (Lipinski definition) is 1. The van der Waals surface area contributed by atoms with Crippen LogP contribution in [0.3, 0.4) is 0 Å². The van der Waals surface area contributed by atoms with E-state index in [2.05, 4.69) is 97.7 Å². The van der Waals surface area contributed by atoms with Crippen LogP contribution >= 0.6 is 0 Å². The monoisotopic (exact) mass is 327 g/mol. The predicted molar refractivity (Wildman–Crippen MR) is 106 cm³/mol. The van der Waals surface area contributed by atoms with Crippen LogP contribution in [0.5, 0.6) is 0 Å². The summed E-state index contributed by atoms with van der Waals surface area (Å²) in [6, 6.07) is 29.3. The fourth-order valence-electron chi connectivity index (χ4n) is 4.19. The van der Waals surface area contributed by atoms with Gasteiger partial charge in [0.15, 0.2) is 0 Å². The summed E-state index contributed by atoms with van der Waals surface area (Å²) in [5.74, 6) is 0.413. The van der Waals surface area contributed by atoms with E-state index in [0.29, 0.717) is 12.0 Å². The quantitative estimate of drug-likeness (QED) is 0.607. The van der Waals surface area contributed by atoms with Crippen molar-refractivity contribution in [2.24, 2.45) is 0 Å². The highest BCUT2D eigenvalue weighted by molar-refractivity contribution is 5.51. The normalized spacial score (nSPS) is 19.3. The molecule has 0 amide bonds. The van der Waals surface area contributed by atoms with E-state index in [1.54, 1.807) is 0 Å². The molecule has 0 aromatic heterocycles. The van der Waals surface area contributed by atoms with E-state index in [-0.39, 0.29) is 0 Å². The highest BCUT2D eigenvalue weighted by Crippen LogP contribution is 2.40. The number of nitrogens with zero attached hydrogens (tertiary/aromatic N) is 1. The van der Waals surface area contributed by atoms with Gasteiger partial charge in [0.1, 0.15) is 0 Å². The van der Waals surface area contributed by atoms with E-state index in [4.69, 9.17) is 0 Å². The first-order valence-electron chi connectivity index (χ1n) is 9.16. The maximum atomic E-state index is 2.47. The summed E-state index contributed by atoms with van der Waals surface area (Å²) >= 11 is 0. The molecule has 1 aliphatic rings. The van der Waals surface area contributed by atoms with Crippen LogP contribution < -0.4 is 4.90 Å². The molecule has 0 spiro atoms. The number of rotatable bonds is 3. The average molecular weight is 327 g/mol. The molecule has 0 heterocycles. The maximum absolute atomic E-state index is 2.47. The molecule has 0 saturated carbocycles. The Balaban J connectivity index is 1.79. The Labute approximate surface area is 150 Å². The molecule has 126 valence electrons. The number of hydrogen-bond donors (Lipinski definition) is 0. The second kappa shape index (κ2) is 6.76. The van der Waals surface area contributed by atoms with Crippen LogP contribution in [0.1, 0.15) is 34.6 Å². The molecular formula is C24H25N. The molecule has 0 aliphatic heterocycles. The summed E-state index contributed by atoms with van der Waals surface area (Å²) in [6.45, 7) is 2.16. The topological polar surface area (TPSA) is 3.24 Å². The fourth-order valence-corrected chi connectivity index (χ4v) is 4.19. The van der Waals surface area contributed by atoms with Gasteiger partial charge in [-0.25, -0.2) is 0 Å². The van der Waals surface area contributed by atoms with Gasteiger partial charge in [-0.2, -0.15) is 0 Å². The molecule has 25 heavy (non-hydrogen) atoms. The predicted octanol–water partition coefficient (Wildman–Crippen LogP) is 5.58. The van der Waals surface area contributed by atoms with Crippen molar-refractivity contribution in [3.63, 3.8) is 0 Å². The van der Waals surface area contributed by atoms with E-state index in [0.717, 1.165) is 6.42 Å². The van der Waals surface area contributed by atoms with E-state index in [1.807, 2.05) is 0 Å². The van der Waals surface area contributed by atoms with Gasteiger partial charge in [0, 0.05) is 24.7 Å². The Morgan fingerprint density at radius 1 is 0.800 bits per heavy atom. The third-order valence-corrected chi connectivity index (χ3v) is 5.58. The van der Waals surface area contributed by atoms with Crippen LogP contribution in [0, 0.1) is 6.92 Å². The smallest absolute Gasteiger partial charge is 0.0399 e. The zero-order chi connectivity index (χ0) is 17.2. The SMILES string of the molecule is Cc1ccc([C@H]2c3ccccc3CC[C@@H]2N(C)c2ccccc2)cc1. The summed E-state index contributed by atoms with van der Waals surface area (Å²) in [4.78, 5) is 2.47. The third-order valence-electron chi connectivity index (χ3n) is 5.58. The summed E-state index contributed by atoms with van der Waals surface area (Å²) in [5.41, 5.74) is 7.03. The van der Waals surface area contributed by atoms with Crippen LogP contribution in [0.25, 0.3) is 0 Å². The number of fused-ring (bicyclic) bond motifs is 1. The van der Waals surface area contributed by atoms with Crippen molar-refractivity contribution >= 4 is 5.69 Å². The van der Waals surface area contributed by atoms with Crippen molar-refractivity contribution in [2.75, 3.05) is 11.9 Å². The number of anilines is 1. The number of likely N-dealkylation sites (N-methyl/N-ethyl adjacent to an activating group) is 1. The van der Waals surface area contributed by atoms with Crippen molar-refractivity contribution in [3.05, 3.63) is 101 Å². The molecule has 0 bridgehead atoms. The molecule has 0 fully saturated rings. The lowest BCUT2D eigenvalue weighted by Gasteiger charge is -2.41. The van der Waals surface area contributed by atoms with Crippen LogP contribution in [0.2, 0.25) is 0 Å². The van der Waals surface area contributed by atoms with Gasteiger partial charge >= 0.3 is 0 Å². The zero-order valence-electron chi connectivity index (χ0n) is 15.0. The number of aryl methyl sites for hydroxylation is 2. The van der Waals surface area contributed by atoms with Crippen molar-refractivity contribution in [2.45, 2.75) is 31.7 Å². The molecule has 3 aromatic carbocycles. The minimum atomic E-state index is 0.413. The van der Waals surface area contributed by atoms with Gasteiger partial charge in [-0.15, -0.1) is 0 Å². The lowest BCUT2D eigenvalue weighted by molar-refractivity contribution is 0.495.